The van der Waals surface area contributed by atoms with Gasteiger partial charge < -0.3 is 5.73 Å². The van der Waals surface area contributed by atoms with Crippen molar-refractivity contribution in [3.8, 4) is 0 Å². The van der Waals surface area contributed by atoms with Crippen molar-refractivity contribution in [2.24, 2.45) is 17.1 Å². The minimum absolute atomic E-state index is 0.130. The molecule has 0 saturated carbocycles. The summed E-state index contributed by atoms with van der Waals surface area (Å²) in [4.78, 5) is 10.8. The molecule has 2 nitrogen and oxygen atoms in total. The molecule has 0 spiro atoms. The second-order valence-electron chi connectivity index (χ2n) is 3.11. The Bertz CT molecular complexity index is 149. The van der Waals surface area contributed by atoms with Crippen LogP contribution in [0.4, 0.5) is 0 Å². The molecule has 0 radical (unpaired) electrons. The molecule has 0 aliphatic carbocycles. The lowest BCUT2D eigenvalue weighted by molar-refractivity contribution is -0.127. The molecule has 2 N–H and O–H groups in total. The van der Waals surface area contributed by atoms with E-state index >= 15 is 0 Å². The van der Waals surface area contributed by atoms with E-state index in [2.05, 4.69) is 6.58 Å². The molecule has 1 amide bonds. The topological polar surface area (TPSA) is 43.1 Å². The van der Waals surface area contributed by atoms with Gasteiger partial charge in [0.1, 0.15) is 0 Å². The monoisotopic (exact) mass is 141 g/mol. The van der Waals surface area contributed by atoms with Crippen molar-refractivity contribution in [1.29, 1.82) is 0 Å². The van der Waals surface area contributed by atoms with E-state index in [1.54, 1.807) is 6.08 Å². The van der Waals surface area contributed by atoms with Gasteiger partial charge in [-0.25, -0.2) is 0 Å². The Morgan fingerprint density at radius 1 is 1.70 bits per heavy atom. The van der Waals surface area contributed by atoms with E-state index in [-0.39, 0.29) is 11.8 Å². The maximum Gasteiger partial charge on any atom is 0.223 e. The van der Waals surface area contributed by atoms with Gasteiger partial charge in [-0.05, 0) is 5.92 Å². The van der Waals surface area contributed by atoms with Crippen LogP contribution in [0.15, 0.2) is 12.7 Å². The molecule has 0 rings (SSSR count). The van der Waals surface area contributed by atoms with Gasteiger partial charge in [-0.2, -0.15) is 0 Å². The van der Waals surface area contributed by atoms with Crippen LogP contribution in [0.25, 0.3) is 0 Å². The first-order chi connectivity index (χ1) is 4.42. The molecule has 2 heteroatoms. The van der Waals surface area contributed by atoms with Crippen LogP contribution in [0.2, 0.25) is 0 Å². The lowest BCUT2D eigenvalue weighted by Crippen LogP contribution is -2.36. The Hall–Kier alpha value is -0.790. The minimum Gasteiger partial charge on any atom is -0.369 e. The third-order valence-electron chi connectivity index (χ3n) is 2.13. The van der Waals surface area contributed by atoms with Gasteiger partial charge in [0.05, 0.1) is 0 Å². The van der Waals surface area contributed by atoms with Crippen LogP contribution in [0.3, 0.4) is 0 Å². The van der Waals surface area contributed by atoms with Crippen LogP contribution in [-0.2, 0) is 4.79 Å². The van der Waals surface area contributed by atoms with E-state index in [1.807, 2.05) is 20.8 Å². The SMILES string of the molecule is C=CC(C)C(C)(C)C(N)=O. The van der Waals surface area contributed by atoms with Gasteiger partial charge in [0.15, 0.2) is 0 Å². The molecule has 0 saturated heterocycles. The van der Waals surface area contributed by atoms with Crippen molar-refractivity contribution in [2.75, 3.05) is 0 Å². The van der Waals surface area contributed by atoms with Gasteiger partial charge in [0.25, 0.3) is 0 Å². The summed E-state index contributed by atoms with van der Waals surface area (Å²) < 4.78 is 0. The number of allylic oxidation sites excluding steroid dienone is 1. The summed E-state index contributed by atoms with van der Waals surface area (Å²) in [6.07, 6.45) is 1.74. The number of hydrogen-bond acceptors (Lipinski definition) is 1. The molecule has 0 heterocycles. The molecule has 1 atom stereocenters. The summed E-state index contributed by atoms with van der Waals surface area (Å²) in [6.45, 7) is 9.17. The van der Waals surface area contributed by atoms with E-state index < -0.39 is 5.41 Å². The fourth-order valence-electron chi connectivity index (χ4n) is 0.519. The summed E-state index contributed by atoms with van der Waals surface area (Å²) >= 11 is 0. The van der Waals surface area contributed by atoms with Gasteiger partial charge in [-0.1, -0.05) is 26.8 Å². The number of carbonyl (C=O) groups is 1. The largest absolute Gasteiger partial charge is 0.369 e. The molecule has 58 valence electrons. The zero-order valence-electron chi connectivity index (χ0n) is 6.85. The molecular formula is C8H15NO. The molecule has 0 aromatic rings. The number of hydrogen-bond donors (Lipinski definition) is 1. The lowest BCUT2D eigenvalue weighted by atomic mass is 9.79. The van der Waals surface area contributed by atoms with E-state index in [0.717, 1.165) is 0 Å². The van der Waals surface area contributed by atoms with Crippen molar-refractivity contribution >= 4 is 5.91 Å². The standard InChI is InChI=1S/C8H15NO/c1-5-6(2)8(3,4)7(9)10/h5-6H,1H2,2-4H3,(H2,9,10). The molecule has 0 aromatic heterocycles. The van der Waals surface area contributed by atoms with E-state index in [4.69, 9.17) is 5.73 Å². The quantitative estimate of drug-likeness (QED) is 0.592. The summed E-state index contributed by atoms with van der Waals surface area (Å²) in [5, 5.41) is 0. The highest BCUT2D eigenvalue weighted by Gasteiger charge is 2.29. The first-order valence-electron chi connectivity index (χ1n) is 3.35. The minimum atomic E-state index is -0.470. The fourth-order valence-corrected chi connectivity index (χ4v) is 0.519. The predicted octanol–water partition coefficient (Wildman–Crippen LogP) is 1.32. The highest BCUT2D eigenvalue weighted by atomic mass is 16.1. The third kappa shape index (κ3) is 1.59. The smallest absolute Gasteiger partial charge is 0.223 e. The molecule has 1 unspecified atom stereocenters. The number of amides is 1. The second kappa shape index (κ2) is 2.86. The van der Waals surface area contributed by atoms with Crippen LogP contribution in [-0.4, -0.2) is 5.91 Å². The van der Waals surface area contributed by atoms with Crippen molar-refractivity contribution in [2.45, 2.75) is 20.8 Å². The maximum absolute atomic E-state index is 10.8. The fraction of sp³-hybridized carbons (Fsp3) is 0.625. The lowest BCUT2D eigenvalue weighted by Gasteiger charge is -2.25. The number of primary amides is 1. The number of rotatable bonds is 3. The number of nitrogens with two attached hydrogens (primary N) is 1. The average molecular weight is 141 g/mol. The number of carbonyl (C=O) groups excluding carboxylic acids is 1. The van der Waals surface area contributed by atoms with Gasteiger partial charge in [0, 0.05) is 5.41 Å². The van der Waals surface area contributed by atoms with Crippen LogP contribution >= 0.6 is 0 Å². The van der Waals surface area contributed by atoms with Crippen molar-refractivity contribution < 1.29 is 4.79 Å². The van der Waals surface area contributed by atoms with Gasteiger partial charge in [0.2, 0.25) is 5.91 Å². The first-order valence-corrected chi connectivity index (χ1v) is 3.35. The third-order valence-corrected chi connectivity index (χ3v) is 2.13. The second-order valence-corrected chi connectivity index (χ2v) is 3.11. The zero-order valence-corrected chi connectivity index (χ0v) is 6.85. The highest BCUT2D eigenvalue weighted by Crippen LogP contribution is 2.26. The Morgan fingerprint density at radius 2 is 2.10 bits per heavy atom. The molecule has 0 bridgehead atoms. The van der Waals surface area contributed by atoms with Crippen molar-refractivity contribution in [1.82, 2.24) is 0 Å². The summed E-state index contributed by atoms with van der Waals surface area (Å²) in [5.74, 6) is -0.148. The first kappa shape index (κ1) is 9.21. The normalized spacial score (nSPS) is 14.3. The average Bonchev–Trinajstić information content (AvgIpc) is 1.86. The van der Waals surface area contributed by atoms with Gasteiger partial charge in [-0.3, -0.25) is 4.79 Å². The van der Waals surface area contributed by atoms with E-state index in [1.165, 1.54) is 0 Å². The Labute approximate surface area is 62.1 Å². The summed E-state index contributed by atoms with van der Waals surface area (Å²) in [7, 11) is 0. The zero-order chi connectivity index (χ0) is 8.36. The molecule has 0 aliphatic heterocycles. The van der Waals surface area contributed by atoms with E-state index in [0.29, 0.717) is 0 Å². The van der Waals surface area contributed by atoms with Crippen molar-refractivity contribution in [3.05, 3.63) is 12.7 Å². The predicted molar refractivity (Wildman–Crippen MR) is 42.3 cm³/mol. The summed E-state index contributed by atoms with van der Waals surface area (Å²) in [6, 6.07) is 0. The molecule has 0 fully saturated rings. The van der Waals surface area contributed by atoms with Crippen LogP contribution in [0.1, 0.15) is 20.8 Å². The Morgan fingerprint density at radius 3 is 2.20 bits per heavy atom. The molecule has 0 aliphatic rings. The summed E-state index contributed by atoms with van der Waals surface area (Å²) in [5.41, 5.74) is 4.69. The van der Waals surface area contributed by atoms with Crippen LogP contribution in [0.5, 0.6) is 0 Å². The van der Waals surface area contributed by atoms with Gasteiger partial charge >= 0.3 is 0 Å². The van der Waals surface area contributed by atoms with Crippen molar-refractivity contribution in [3.63, 3.8) is 0 Å². The van der Waals surface area contributed by atoms with Gasteiger partial charge in [-0.15, -0.1) is 6.58 Å². The maximum atomic E-state index is 10.8. The van der Waals surface area contributed by atoms with Crippen LogP contribution in [0, 0.1) is 11.3 Å². The van der Waals surface area contributed by atoms with Crippen LogP contribution < -0.4 is 5.73 Å². The molecule has 0 aromatic carbocycles. The molecular weight excluding hydrogens is 126 g/mol. The Kier molecular flexibility index (Phi) is 2.64. The molecule has 10 heavy (non-hydrogen) atoms. The highest BCUT2D eigenvalue weighted by molar-refractivity contribution is 5.80. The van der Waals surface area contributed by atoms with E-state index in [9.17, 15) is 4.79 Å². The Balaban J connectivity index is 4.38.